The Morgan fingerprint density at radius 1 is 0.923 bits per heavy atom. The highest BCUT2D eigenvalue weighted by Gasteiger charge is 2.55. The molecule has 2 aliphatic rings. The molecule has 3 atom stereocenters. The van der Waals surface area contributed by atoms with Crippen molar-refractivity contribution < 1.29 is 14.4 Å². The first kappa shape index (κ1) is 18.0. The summed E-state index contributed by atoms with van der Waals surface area (Å²) >= 11 is 0. The van der Waals surface area contributed by atoms with Crippen molar-refractivity contribution in [2.45, 2.75) is 50.0 Å². The molecule has 1 N–H and O–H groups in total. The summed E-state index contributed by atoms with van der Waals surface area (Å²) in [5, 5.41) is 11.4. The van der Waals surface area contributed by atoms with Crippen LogP contribution in [0.4, 0.5) is 0 Å². The standard InChI is InChI=1S/C22H27O3P/c23-16-20-21(25-20)22(17-10-4-1-5-11-17)26(24,18-12-6-2-7-13-18)19-14-8-3-9-15-19/h2-3,6-9,12-15,17,20-23H,1,4-5,10-11,16H2/t20-,21+,22+/m1/s1. The number of hydrogen-bond donors (Lipinski definition) is 1. The number of epoxide rings is 1. The summed E-state index contributed by atoms with van der Waals surface area (Å²) in [6.07, 6.45) is 5.59. The lowest BCUT2D eigenvalue weighted by Gasteiger charge is -2.36. The van der Waals surface area contributed by atoms with Gasteiger partial charge in [-0.15, -0.1) is 0 Å². The SMILES string of the molecule is O=P(c1ccccc1)(c1ccccc1)[C@@H](C1CCCCC1)[C@H]1O[C@@H]1CO. The Hall–Kier alpha value is -1.41. The van der Waals surface area contributed by atoms with E-state index in [2.05, 4.69) is 0 Å². The smallest absolute Gasteiger partial charge is 0.149 e. The second kappa shape index (κ2) is 7.68. The monoisotopic (exact) mass is 370 g/mol. The van der Waals surface area contributed by atoms with Gasteiger partial charge in [-0.2, -0.15) is 0 Å². The average Bonchev–Trinajstić information content (AvgIpc) is 3.49. The van der Waals surface area contributed by atoms with Crippen molar-refractivity contribution in [2.75, 3.05) is 6.61 Å². The minimum atomic E-state index is -2.88. The first-order chi connectivity index (χ1) is 12.7. The normalized spacial score (nSPS) is 25.0. The van der Waals surface area contributed by atoms with E-state index < -0.39 is 7.14 Å². The van der Waals surface area contributed by atoms with Crippen molar-refractivity contribution in [1.29, 1.82) is 0 Å². The molecule has 1 aliphatic heterocycles. The maximum absolute atomic E-state index is 14.8. The van der Waals surface area contributed by atoms with Crippen LogP contribution in [0.25, 0.3) is 0 Å². The molecule has 2 fully saturated rings. The third-order valence-electron chi connectivity index (χ3n) is 5.97. The van der Waals surface area contributed by atoms with Gasteiger partial charge < -0.3 is 14.4 Å². The zero-order valence-electron chi connectivity index (χ0n) is 15.0. The van der Waals surface area contributed by atoms with Gasteiger partial charge in [0.15, 0.2) is 0 Å². The number of aliphatic hydroxyl groups excluding tert-OH is 1. The van der Waals surface area contributed by atoms with Crippen LogP contribution in [0.15, 0.2) is 60.7 Å². The van der Waals surface area contributed by atoms with E-state index in [1.807, 2.05) is 60.7 Å². The zero-order valence-corrected chi connectivity index (χ0v) is 15.9. The number of benzene rings is 2. The molecule has 0 radical (unpaired) electrons. The quantitative estimate of drug-likeness (QED) is 0.623. The summed E-state index contributed by atoms with van der Waals surface area (Å²) in [6.45, 7) is 0.0114. The maximum Gasteiger partial charge on any atom is 0.149 e. The molecule has 0 aromatic heterocycles. The number of rotatable bonds is 6. The molecule has 0 bridgehead atoms. The van der Waals surface area contributed by atoms with Gasteiger partial charge in [0.2, 0.25) is 0 Å². The lowest BCUT2D eigenvalue weighted by atomic mass is 9.85. The lowest BCUT2D eigenvalue weighted by Crippen LogP contribution is -2.37. The van der Waals surface area contributed by atoms with E-state index in [9.17, 15) is 9.67 Å². The van der Waals surface area contributed by atoms with Crippen LogP contribution in [-0.4, -0.2) is 29.6 Å². The van der Waals surface area contributed by atoms with E-state index in [-0.39, 0.29) is 24.5 Å². The summed E-state index contributed by atoms with van der Waals surface area (Å²) in [5.74, 6) is 0.386. The number of aliphatic hydroxyl groups is 1. The van der Waals surface area contributed by atoms with Crippen LogP contribution < -0.4 is 10.6 Å². The van der Waals surface area contributed by atoms with Gasteiger partial charge in [-0.25, -0.2) is 0 Å². The highest BCUT2D eigenvalue weighted by molar-refractivity contribution is 7.79. The molecule has 2 aromatic rings. The first-order valence-corrected chi connectivity index (χ1v) is 11.5. The van der Waals surface area contributed by atoms with E-state index in [0.717, 1.165) is 23.5 Å². The fourth-order valence-electron chi connectivity index (χ4n) is 4.64. The Morgan fingerprint density at radius 3 is 1.92 bits per heavy atom. The molecular weight excluding hydrogens is 343 g/mol. The van der Waals surface area contributed by atoms with Crippen LogP contribution in [0.3, 0.4) is 0 Å². The van der Waals surface area contributed by atoms with Gasteiger partial charge in [-0.3, -0.25) is 0 Å². The molecule has 1 heterocycles. The van der Waals surface area contributed by atoms with E-state index in [1.165, 1.54) is 19.3 Å². The minimum absolute atomic E-state index is 0.0114. The second-order valence-corrected chi connectivity index (χ2v) is 10.5. The maximum atomic E-state index is 14.8. The van der Waals surface area contributed by atoms with Crippen LogP contribution in [0.2, 0.25) is 0 Å². The third-order valence-corrected chi connectivity index (χ3v) is 9.66. The van der Waals surface area contributed by atoms with E-state index in [0.29, 0.717) is 5.92 Å². The van der Waals surface area contributed by atoms with E-state index >= 15 is 0 Å². The highest BCUT2D eigenvalue weighted by atomic mass is 31.2. The molecule has 0 spiro atoms. The van der Waals surface area contributed by atoms with Crippen molar-refractivity contribution in [3.05, 3.63) is 60.7 Å². The van der Waals surface area contributed by atoms with Gasteiger partial charge in [0, 0.05) is 10.6 Å². The molecule has 4 rings (SSSR count). The Labute approximate surface area is 155 Å². The first-order valence-electron chi connectivity index (χ1n) is 9.72. The van der Waals surface area contributed by atoms with Crippen molar-refractivity contribution >= 4 is 17.8 Å². The Balaban J connectivity index is 1.83. The second-order valence-electron chi connectivity index (χ2n) is 7.54. The van der Waals surface area contributed by atoms with Crippen LogP contribution in [-0.2, 0) is 9.30 Å². The van der Waals surface area contributed by atoms with Crippen molar-refractivity contribution in [2.24, 2.45) is 5.92 Å². The lowest BCUT2D eigenvalue weighted by molar-refractivity contribution is 0.239. The van der Waals surface area contributed by atoms with Crippen LogP contribution in [0.5, 0.6) is 0 Å². The number of ether oxygens (including phenoxy) is 1. The topological polar surface area (TPSA) is 49.8 Å². The molecule has 1 aliphatic carbocycles. The fourth-order valence-corrected chi connectivity index (χ4v) is 8.43. The molecule has 0 unspecified atom stereocenters. The predicted molar refractivity (Wildman–Crippen MR) is 106 cm³/mol. The van der Waals surface area contributed by atoms with Crippen LogP contribution in [0, 0.1) is 5.92 Å². The number of hydrogen-bond acceptors (Lipinski definition) is 3. The molecule has 1 saturated heterocycles. The van der Waals surface area contributed by atoms with Gasteiger partial charge in [-0.1, -0.05) is 79.9 Å². The molecule has 138 valence electrons. The van der Waals surface area contributed by atoms with Crippen molar-refractivity contribution in [3.8, 4) is 0 Å². The summed E-state index contributed by atoms with van der Waals surface area (Å²) in [7, 11) is -2.88. The molecule has 1 saturated carbocycles. The summed E-state index contributed by atoms with van der Waals surface area (Å²) in [5.41, 5.74) is -0.0512. The zero-order chi connectivity index (χ0) is 18.0. The Morgan fingerprint density at radius 2 is 1.46 bits per heavy atom. The van der Waals surface area contributed by atoms with Crippen molar-refractivity contribution in [3.63, 3.8) is 0 Å². The third kappa shape index (κ3) is 3.29. The summed E-state index contributed by atoms with van der Waals surface area (Å²) < 4.78 is 20.6. The van der Waals surface area contributed by atoms with Crippen molar-refractivity contribution in [1.82, 2.24) is 0 Å². The van der Waals surface area contributed by atoms with E-state index in [1.54, 1.807) is 0 Å². The fraction of sp³-hybridized carbons (Fsp3) is 0.455. The molecule has 0 amide bonds. The Kier molecular flexibility index (Phi) is 5.31. The predicted octanol–water partition coefficient (Wildman–Crippen LogP) is 3.71. The van der Waals surface area contributed by atoms with Crippen LogP contribution in [0.1, 0.15) is 32.1 Å². The molecular formula is C22H27O3P. The van der Waals surface area contributed by atoms with Gasteiger partial charge in [0.25, 0.3) is 0 Å². The van der Waals surface area contributed by atoms with Crippen LogP contribution >= 0.6 is 7.14 Å². The van der Waals surface area contributed by atoms with Gasteiger partial charge in [0.05, 0.1) is 18.4 Å². The molecule has 2 aromatic carbocycles. The van der Waals surface area contributed by atoms with E-state index in [4.69, 9.17) is 4.74 Å². The Bertz CT molecular complexity index is 712. The van der Waals surface area contributed by atoms with Gasteiger partial charge >= 0.3 is 0 Å². The molecule has 4 heteroatoms. The highest BCUT2D eigenvalue weighted by Crippen LogP contribution is 2.58. The largest absolute Gasteiger partial charge is 0.394 e. The minimum Gasteiger partial charge on any atom is -0.394 e. The molecule has 26 heavy (non-hydrogen) atoms. The van der Waals surface area contributed by atoms with Gasteiger partial charge in [-0.05, 0) is 18.8 Å². The average molecular weight is 370 g/mol. The molecule has 3 nitrogen and oxygen atoms in total. The summed E-state index contributed by atoms with van der Waals surface area (Å²) in [4.78, 5) is 0. The summed E-state index contributed by atoms with van der Waals surface area (Å²) in [6, 6.07) is 19.8. The van der Waals surface area contributed by atoms with Gasteiger partial charge in [0.1, 0.15) is 13.2 Å².